The lowest BCUT2D eigenvalue weighted by Crippen LogP contribution is -2.21. The number of benzene rings is 2. The normalized spacial score (nSPS) is 10.4. The van der Waals surface area contributed by atoms with Crippen LogP contribution < -0.4 is 10.1 Å². The number of rotatable bonds is 7. The number of nitrogens with one attached hydrogen (secondary N) is 1. The van der Waals surface area contributed by atoms with Gasteiger partial charge in [-0.2, -0.15) is 8.78 Å². The second kappa shape index (κ2) is 8.77. The van der Waals surface area contributed by atoms with E-state index in [0.29, 0.717) is 11.3 Å². The molecule has 2 rings (SSSR count). The van der Waals surface area contributed by atoms with E-state index in [4.69, 9.17) is 4.74 Å². The standard InChI is InChI=1S/C18H17F2NO4/c1-12-2-6-14(7-3-12)21-16(22)11-24-17(23)10-13-4-8-15(9-5-13)25-18(19)20/h2-9,18H,10-11H2,1H3,(H,21,22). The molecule has 0 saturated carbocycles. The van der Waals surface area contributed by atoms with Crippen molar-refractivity contribution in [2.75, 3.05) is 11.9 Å². The van der Waals surface area contributed by atoms with Crippen molar-refractivity contribution >= 4 is 17.6 Å². The van der Waals surface area contributed by atoms with Crippen LogP contribution in [0.4, 0.5) is 14.5 Å². The lowest BCUT2D eigenvalue weighted by molar-refractivity contribution is -0.146. The molecule has 5 nitrogen and oxygen atoms in total. The number of alkyl halides is 2. The molecular formula is C18H17F2NO4. The minimum atomic E-state index is -2.90. The molecule has 0 saturated heterocycles. The molecule has 0 aliphatic rings. The van der Waals surface area contributed by atoms with Crippen LogP contribution in [0.3, 0.4) is 0 Å². The zero-order valence-electron chi connectivity index (χ0n) is 13.5. The first-order valence-corrected chi connectivity index (χ1v) is 7.48. The van der Waals surface area contributed by atoms with Crippen molar-refractivity contribution in [2.24, 2.45) is 0 Å². The van der Waals surface area contributed by atoms with Crippen LogP contribution in [0.2, 0.25) is 0 Å². The maximum absolute atomic E-state index is 12.0. The van der Waals surface area contributed by atoms with Crippen LogP contribution in [-0.2, 0) is 20.7 Å². The minimum Gasteiger partial charge on any atom is -0.455 e. The SMILES string of the molecule is Cc1ccc(NC(=O)COC(=O)Cc2ccc(OC(F)F)cc2)cc1. The molecule has 7 heteroatoms. The minimum absolute atomic E-state index is 0.00425. The topological polar surface area (TPSA) is 64.6 Å². The number of hydrogen-bond donors (Lipinski definition) is 1. The highest BCUT2D eigenvalue weighted by Gasteiger charge is 2.10. The second-order valence-electron chi connectivity index (χ2n) is 5.27. The van der Waals surface area contributed by atoms with Crippen LogP contribution in [0.1, 0.15) is 11.1 Å². The molecule has 0 aliphatic carbocycles. The summed E-state index contributed by atoms with van der Waals surface area (Å²) in [6, 6.07) is 12.8. The fourth-order valence-electron chi connectivity index (χ4n) is 1.99. The lowest BCUT2D eigenvalue weighted by atomic mass is 10.1. The van der Waals surface area contributed by atoms with Crippen molar-refractivity contribution in [1.82, 2.24) is 0 Å². The summed E-state index contributed by atoms with van der Waals surface area (Å²) < 4.78 is 33.2. The van der Waals surface area contributed by atoms with Crippen LogP contribution in [0.15, 0.2) is 48.5 Å². The lowest BCUT2D eigenvalue weighted by Gasteiger charge is -2.08. The average molecular weight is 349 g/mol. The Labute approximate surface area is 143 Å². The van der Waals surface area contributed by atoms with Gasteiger partial charge in [-0.15, -0.1) is 0 Å². The Morgan fingerprint density at radius 1 is 1.04 bits per heavy atom. The molecule has 2 aromatic carbocycles. The predicted molar refractivity (Wildman–Crippen MR) is 87.5 cm³/mol. The van der Waals surface area contributed by atoms with Crippen LogP contribution in [0.25, 0.3) is 0 Å². The fourth-order valence-corrected chi connectivity index (χ4v) is 1.99. The zero-order chi connectivity index (χ0) is 18.2. The molecule has 0 spiro atoms. The highest BCUT2D eigenvalue weighted by Crippen LogP contribution is 2.15. The van der Waals surface area contributed by atoms with E-state index in [-0.39, 0.29) is 12.2 Å². The second-order valence-corrected chi connectivity index (χ2v) is 5.27. The number of amides is 1. The molecule has 0 fully saturated rings. The molecule has 2 aromatic rings. The molecule has 0 heterocycles. The van der Waals surface area contributed by atoms with Crippen molar-refractivity contribution in [2.45, 2.75) is 20.0 Å². The largest absolute Gasteiger partial charge is 0.455 e. The number of esters is 1. The summed E-state index contributed by atoms with van der Waals surface area (Å²) >= 11 is 0. The monoisotopic (exact) mass is 349 g/mol. The van der Waals surface area contributed by atoms with Crippen LogP contribution in [-0.4, -0.2) is 25.1 Å². The van der Waals surface area contributed by atoms with E-state index >= 15 is 0 Å². The first kappa shape index (κ1) is 18.4. The smallest absolute Gasteiger partial charge is 0.387 e. The molecule has 1 N–H and O–H groups in total. The quantitative estimate of drug-likeness (QED) is 0.779. The number of carbonyl (C=O) groups is 2. The average Bonchev–Trinajstić information content (AvgIpc) is 2.56. The van der Waals surface area contributed by atoms with Crippen molar-refractivity contribution in [3.8, 4) is 5.75 Å². The Morgan fingerprint density at radius 2 is 1.68 bits per heavy atom. The third-order valence-electron chi connectivity index (χ3n) is 3.20. The van der Waals surface area contributed by atoms with E-state index in [1.165, 1.54) is 24.3 Å². The predicted octanol–water partition coefficient (Wildman–Crippen LogP) is 3.32. The first-order valence-electron chi connectivity index (χ1n) is 7.48. The van der Waals surface area contributed by atoms with Gasteiger partial charge < -0.3 is 14.8 Å². The van der Waals surface area contributed by atoms with Crippen molar-refractivity contribution in [1.29, 1.82) is 0 Å². The molecule has 0 aromatic heterocycles. The van der Waals surface area contributed by atoms with Gasteiger partial charge >= 0.3 is 12.6 Å². The molecule has 0 atom stereocenters. The number of carbonyl (C=O) groups excluding carboxylic acids is 2. The third kappa shape index (κ3) is 6.58. The maximum atomic E-state index is 12.0. The van der Waals surface area contributed by atoms with Crippen molar-refractivity contribution in [3.05, 3.63) is 59.7 Å². The summed E-state index contributed by atoms with van der Waals surface area (Å²) in [5.74, 6) is -1.04. The number of hydrogen-bond acceptors (Lipinski definition) is 4. The molecule has 132 valence electrons. The van der Waals surface area contributed by atoms with Gasteiger partial charge in [0, 0.05) is 5.69 Å². The van der Waals surface area contributed by atoms with Gasteiger partial charge in [0.1, 0.15) is 5.75 Å². The van der Waals surface area contributed by atoms with Gasteiger partial charge in [-0.25, -0.2) is 0 Å². The number of anilines is 1. The number of halogens is 2. The summed E-state index contributed by atoms with van der Waals surface area (Å²) in [5.41, 5.74) is 2.24. The van der Waals surface area contributed by atoms with E-state index in [0.717, 1.165) is 5.56 Å². The Morgan fingerprint density at radius 3 is 2.28 bits per heavy atom. The summed E-state index contributed by atoms with van der Waals surface area (Å²) in [4.78, 5) is 23.4. The summed E-state index contributed by atoms with van der Waals surface area (Å²) in [7, 11) is 0. The summed E-state index contributed by atoms with van der Waals surface area (Å²) in [6.07, 6.45) is -0.0766. The third-order valence-corrected chi connectivity index (χ3v) is 3.20. The Hall–Kier alpha value is -2.96. The van der Waals surface area contributed by atoms with E-state index in [2.05, 4.69) is 10.1 Å². The summed E-state index contributed by atoms with van der Waals surface area (Å²) in [6.45, 7) is -1.37. The zero-order valence-corrected chi connectivity index (χ0v) is 13.5. The highest BCUT2D eigenvalue weighted by molar-refractivity contribution is 5.92. The van der Waals surface area contributed by atoms with Gasteiger partial charge in [-0.1, -0.05) is 29.8 Å². The number of ether oxygens (including phenoxy) is 2. The molecule has 0 aliphatic heterocycles. The Kier molecular flexibility index (Phi) is 6.45. The molecule has 1 amide bonds. The Balaban J connectivity index is 1.76. The van der Waals surface area contributed by atoms with Gasteiger partial charge in [-0.3, -0.25) is 9.59 Å². The molecule has 0 unspecified atom stereocenters. The van der Waals surface area contributed by atoms with E-state index in [1.54, 1.807) is 12.1 Å². The van der Waals surface area contributed by atoms with Crippen molar-refractivity contribution in [3.63, 3.8) is 0 Å². The first-order chi connectivity index (χ1) is 11.9. The van der Waals surface area contributed by atoms with Crippen LogP contribution in [0.5, 0.6) is 5.75 Å². The highest BCUT2D eigenvalue weighted by atomic mass is 19.3. The van der Waals surface area contributed by atoms with Gasteiger partial charge in [0.25, 0.3) is 5.91 Å². The van der Waals surface area contributed by atoms with E-state index in [1.807, 2.05) is 19.1 Å². The number of aryl methyl sites for hydroxylation is 1. The van der Waals surface area contributed by atoms with Gasteiger partial charge in [-0.05, 0) is 36.8 Å². The van der Waals surface area contributed by atoms with E-state index < -0.39 is 25.1 Å². The molecular weight excluding hydrogens is 332 g/mol. The van der Waals surface area contributed by atoms with Crippen molar-refractivity contribution < 1.29 is 27.8 Å². The van der Waals surface area contributed by atoms with Crippen LogP contribution >= 0.6 is 0 Å². The molecule has 25 heavy (non-hydrogen) atoms. The van der Waals surface area contributed by atoms with E-state index in [9.17, 15) is 18.4 Å². The van der Waals surface area contributed by atoms with Crippen LogP contribution in [0, 0.1) is 6.92 Å². The molecule has 0 bridgehead atoms. The maximum Gasteiger partial charge on any atom is 0.387 e. The van der Waals surface area contributed by atoms with Gasteiger partial charge in [0.2, 0.25) is 0 Å². The summed E-state index contributed by atoms with van der Waals surface area (Å²) in [5, 5.41) is 2.61. The Bertz CT molecular complexity index is 715. The van der Waals surface area contributed by atoms with Gasteiger partial charge in [0.05, 0.1) is 6.42 Å². The van der Waals surface area contributed by atoms with Gasteiger partial charge in [0.15, 0.2) is 6.61 Å². The fraction of sp³-hybridized carbons (Fsp3) is 0.222. The molecule has 0 radical (unpaired) electrons.